The van der Waals surface area contributed by atoms with Gasteiger partial charge in [0.1, 0.15) is 0 Å². The molecule has 122 valence electrons. The fourth-order valence-electron chi connectivity index (χ4n) is 2.48. The molecule has 1 amide bonds. The summed E-state index contributed by atoms with van der Waals surface area (Å²) in [4.78, 5) is 26.6. The summed E-state index contributed by atoms with van der Waals surface area (Å²) in [6, 6.07) is 0.216. The van der Waals surface area contributed by atoms with E-state index in [9.17, 15) is 9.59 Å². The summed E-state index contributed by atoms with van der Waals surface area (Å²) in [5, 5.41) is 11.8. The lowest BCUT2D eigenvalue weighted by Crippen LogP contribution is -2.51. The lowest BCUT2D eigenvalue weighted by Gasteiger charge is -2.33. The molecule has 0 bridgehead atoms. The van der Waals surface area contributed by atoms with E-state index in [0.717, 1.165) is 25.9 Å². The highest BCUT2D eigenvalue weighted by Gasteiger charge is 2.20. The molecule has 1 heterocycles. The van der Waals surface area contributed by atoms with Crippen LogP contribution >= 0.6 is 0 Å². The zero-order valence-electron chi connectivity index (χ0n) is 13.5. The Morgan fingerprint density at radius 2 is 1.52 bits per heavy atom. The fourth-order valence-corrected chi connectivity index (χ4v) is 2.48. The maximum atomic E-state index is 12.0. The Bertz CT molecular complexity index is 339. The first-order valence-corrected chi connectivity index (χ1v) is 7.82. The quantitative estimate of drug-likeness (QED) is 0.688. The molecule has 21 heavy (non-hydrogen) atoms. The second kappa shape index (κ2) is 9.00. The molecule has 6 heteroatoms. The molecular weight excluding hydrogens is 270 g/mol. The molecule has 0 aliphatic carbocycles. The Morgan fingerprint density at radius 3 is 2.00 bits per heavy atom. The van der Waals surface area contributed by atoms with Crippen molar-refractivity contribution >= 4 is 11.9 Å². The van der Waals surface area contributed by atoms with Crippen molar-refractivity contribution in [3.63, 3.8) is 0 Å². The number of carboxylic acid groups (broad SMARTS) is 1. The molecule has 1 atom stereocenters. The Balaban J connectivity index is 2.19. The molecule has 2 N–H and O–H groups in total. The van der Waals surface area contributed by atoms with Crippen molar-refractivity contribution in [1.82, 2.24) is 15.1 Å². The summed E-state index contributed by atoms with van der Waals surface area (Å²) >= 11 is 0. The van der Waals surface area contributed by atoms with Crippen LogP contribution in [0.2, 0.25) is 0 Å². The van der Waals surface area contributed by atoms with E-state index in [1.807, 2.05) is 11.8 Å². The maximum Gasteiger partial charge on any atom is 0.317 e. The van der Waals surface area contributed by atoms with Crippen molar-refractivity contribution in [3.8, 4) is 0 Å². The number of carbonyl (C=O) groups is 2. The number of aliphatic carboxylic acids is 1. The molecule has 0 aromatic heterocycles. The van der Waals surface area contributed by atoms with Gasteiger partial charge in [-0.15, -0.1) is 0 Å². The zero-order valence-corrected chi connectivity index (χ0v) is 13.5. The third-order valence-corrected chi connectivity index (χ3v) is 3.78. The standard InChI is InChI=1S/C15H29N3O3/c1-12(2)4-5-13(3)16-14(19)10-17-6-8-18(9-7-17)11-15(20)21/h12-13H,4-11H2,1-3H3,(H,16,19)(H,20,21). The molecule has 1 unspecified atom stereocenters. The van der Waals surface area contributed by atoms with Gasteiger partial charge in [-0.3, -0.25) is 19.4 Å². The first kappa shape index (κ1) is 17.9. The number of amides is 1. The molecule has 0 spiro atoms. The molecule has 1 aliphatic rings. The Kier molecular flexibility index (Phi) is 7.67. The minimum absolute atomic E-state index is 0.0675. The van der Waals surface area contributed by atoms with Crippen molar-refractivity contribution in [2.45, 2.75) is 39.7 Å². The first-order chi connectivity index (χ1) is 9.86. The van der Waals surface area contributed by atoms with E-state index in [0.29, 0.717) is 25.6 Å². The lowest BCUT2D eigenvalue weighted by molar-refractivity contribution is -0.139. The van der Waals surface area contributed by atoms with Crippen LogP contribution in [0.15, 0.2) is 0 Å². The molecule has 1 fully saturated rings. The average molecular weight is 299 g/mol. The van der Waals surface area contributed by atoms with Gasteiger partial charge in [0.25, 0.3) is 0 Å². The Morgan fingerprint density at radius 1 is 1.00 bits per heavy atom. The van der Waals surface area contributed by atoms with Crippen LogP contribution < -0.4 is 5.32 Å². The van der Waals surface area contributed by atoms with Crippen LogP contribution in [0.4, 0.5) is 0 Å². The molecule has 0 saturated carbocycles. The minimum atomic E-state index is -0.792. The molecule has 0 radical (unpaired) electrons. The van der Waals surface area contributed by atoms with Crippen molar-refractivity contribution in [2.75, 3.05) is 39.3 Å². The highest BCUT2D eigenvalue weighted by atomic mass is 16.4. The molecule has 0 aromatic rings. The SMILES string of the molecule is CC(C)CCC(C)NC(=O)CN1CCN(CC(=O)O)CC1. The number of piperazine rings is 1. The van der Waals surface area contributed by atoms with Crippen LogP contribution in [0.3, 0.4) is 0 Å². The van der Waals surface area contributed by atoms with Gasteiger partial charge in [0.05, 0.1) is 13.1 Å². The van der Waals surface area contributed by atoms with Gasteiger partial charge in [-0.2, -0.15) is 0 Å². The molecule has 0 aromatic carbocycles. The molecule has 1 rings (SSSR count). The van der Waals surface area contributed by atoms with E-state index in [1.165, 1.54) is 0 Å². The second-order valence-electron chi connectivity index (χ2n) is 6.39. The van der Waals surface area contributed by atoms with Gasteiger partial charge < -0.3 is 10.4 Å². The van der Waals surface area contributed by atoms with E-state index in [1.54, 1.807) is 0 Å². The summed E-state index contributed by atoms with van der Waals surface area (Å²) in [6.07, 6.45) is 2.13. The van der Waals surface area contributed by atoms with E-state index in [4.69, 9.17) is 5.11 Å². The number of hydrogen-bond acceptors (Lipinski definition) is 4. The van der Waals surface area contributed by atoms with Crippen LogP contribution in [0.1, 0.15) is 33.6 Å². The van der Waals surface area contributed by atoms with E-state index in [-0.39, 0.29) is 18.5 Å². The maximum absolute atomic E-state index is 12.0. The topological polar surface area (TPSA) is 72.9 Å². The number of carboxylic acids is 1. The van der Waals surface area contributed by atoms with E-state index in [2.05, 4.69) is 24.1 Å². The van der Waals surface area contributed by atoms with Gasteiger partial charge in [-0.1, -0.05) is 13.8 Å². The van der Waals surface area contributed by atoms with Gasteiger partial charge in [-0.05, 0) is 25.7 Å². The van der Waals surface area contributed by atoms with Crippen LogP contribution in [0, 0.1) is 5.92 Å². The van der Waals surface area contributed by atoms with Crippen LogP contribution in [-0.2, 0) is 9.59 Å². The predicted octanol–water partition coefficient (Wildman–Crippen LogP) is 0.630. The summed E-state index contributed by atoms with van der Waals surface area (Å²) in [6.45, 7) is 9.84. The van der Waals surface area contributed by atoms with Crippen molar-refractivity contribution in [3.05, 3.63) is 0 Å². The predicted molar refractivity (Wildman–Crippen MR) is 82.2 cm³/mol. The van der Waals surface area contributed by atoms with Crippen LogP contribution in [0.5, 0.6) is 0 Å². The summed E-state index contributed by atoms with van der Waals surface area (Å²) in [5.41, 5.74) is 0. The molecular formula is C15H29N3O3. The third-order valence-electron chi connectivity index (χ3n) is 3.78. The summed E-state index contributed by atoms with van der Waals surface area (Å²) in [5.74, 6) is -0.0650. The second-order valence-corrected chi connectivity index (χ2v) is 6.39. The Hall–Kier alpha value is -1.14. The third kappa shape index (κ3) is 8.02. The smallest absolute Gasteiger partial charge is 0.317 e. The molecule has 1 aliphatic heterocycles. The largest absolute Gasteiger partial charge is 0.480 e. The summed E-state index contributed by atoms with van der Waals surface area (Å²) < 4.78 is 0. The normalized spacial score (nSPS) is 18.7. The molecule has 6 nitrogen and oxygen atoms in total. The van der Waals surface area contributed by atoms with Gasteiger partial charge in [-0.25, -0.2) is 0 Å². The monoisotopic (exact) mass is 299 g/mol. The number of carbonyl (C=O) groups excluding carboxylic acids is 1. The van der Waals surface area contributed by atoms with Gasteiger partial charge in [0.2, 0.25) is 5.91 Å². The van der Waals surface area contributed by atoms with E-state index >= 15 is 0 Å². The Labute approximate surface area is 127 Å². The highest BCUT2D eigenvalue weighted by Crippen LogP contribution is 2.06. The number of nitrogens with zero attached hydrogens (tertiary/aromatic N) is 2. The van der Waals surface area contributed by atoms with Crippen LogP contribution in [-0.4, -0.2) is 72.1 Å². The first-order valence-electron chi connectivity index (χ1n) is 7.82. The summed E-state index contributed by atoms with van der Waals surface area (Å²) in [7, 11) is 0. The number of hydrogen-bond donors (Lipinski definition) is 2. The lowest BCUT2D eigenvalue weighted by atomic mass is 10.0. The highest BCUT2D eigenvalue weighted by molar-refractivity contribution is 5.78. The minimum Gasteiger partial charge on any atom is -0.480 e. The van der Waals surface area contributed by atoms with Crippen LogP contribution in [0.25, 0.3) is 0 Å². The van der Waals surface area contributed by atoms with Gasteiger partial charge in [0, 0.05) is 32.2 Å². The van der Waals surface area contributed by atoms with Gasteiger partial charge in [0.15, 0.2) is 0 Å². The van der Waals surface area contributed by atoms with Crippen molar-refractivity contribution in [1.29, 1.82) is 0 Å². The number of rotatable bonds is 8. The number of nitrogens with one attached hydrogen (secondary N) is 1. The van der Waals surface area contributed by atoms with E-state index < -0.39 is 5.97 Å². The van der Waals surface area contributed by atoms with Crippen molar-refractivity contribution < 1.29 is 14.7 Å². The average Bonchev–Trinajstić information content (AvgIpc) is 2.38. The zero-order chi connectivity index (χ0) is 15.8. The van der Waals surface area contributed by atoms with Crippen molar-refractivity contribution in [2.24, 2.45) is 5.92 Å². The van der Waals surface area contributed by atoms with Gasteiger partial charge >= 0.3 is 5.97 Å². The molecule has 1 saturated heterocycles. The fraction of sp³-hybridized carbons (Fsp3) is 0.867.